The highest BCUT2D eigenvalue weighted by atomic mass is 32.2. The molecule has 1 aromatic heterocycles. The van der Waals surface area contributed by atoms with Gasteiger partial charge in [-0.05, 0) is 12.5 Å². The predicted molar refractivity (Wildman–Crippen MR) is 82.1 cm³/mol. The molecule has 3 heterocycles. The number of hydrogen-bond acceptors (Lipinski definition) is 5. The zero-order valence-corrected chi connectivity index (χ0v) is 13.6. The molecule has 1 atom stereocenters. The van der Waals surface area contributed by atoms with Crippen molar-refractivity contribution in [3.05, 3.63) is 18.3 Å². The number of H-pyrrole nitrogens is 1. The molecule has 2 saturated heterocycles. The summed E-state index contributed by atoms with van der Waals surface area (Å²) in [5.74, 6) is 0.341. The van der Waals surface area contributed by atoms with Gasteiger partial charge in [0, 0.05) is 25.6 Å². The summed E-state index contributed by atoms with van der Waals surface area (Å²) >= 11 is 0. The van der Waals surface area contributed by atoms with Crippen molar-refractivity contribution in [2.75, 3.05) is 37.7 Å². The van der Waals surface area contributed by atoms with Crippen molar-refractivity contribution < 1.29 is 22.9 Å². The van der Waals surface area contributed by atoms with Gasteiger partial charge in [0.2, 0.25) is 10.0 Å². The molecule has 3 N–H and O–H groups in total. The van der Waals surface area contributed by atoms with Crippen LogP contribution in [0.3, 0.4) is 0 Å². The van der Waals surface area contributed by atoms with Crippen LogP contribution in [0.5, 0.6) is 0 Å². The standard InChI is InChI=1S/C14H20N4O4S/c15-14(19)12-2-1-5-18(12)13-4-3-11(10-16-13)23(20,21)17-6-8-22-9-7-17/h3-4,10,12H,1-2,5-9H2,(H2,15,19)/p+1/t12-/m1/s1. The van der Waals surface area contributed by atoms with Gasteiger partial charge >= 0.3 is 0 Å². The summed E-state index contributed by atoms with van der Waals surface area (Å²) in [5, 5.41) is 0. The highest BCUT2D eigenvalue weighted by molar-refractivity contribution is 7.89. The molecule has 0 aromatic carbocycles. The molecule has 0 aliphatic carbocycles. The first-order valence-corrected chi connectivity index (χ1v) is 9.10. The maximum Gasteiger partial charge on any atom is 0.275 e. The number of primary amides is 1. The quantitative estimate of drug-likeness (QED) is 0.754. The number of nitrogens with zero attached hydrogens (tertiary/aromatic N) is 2. The minimum Gasteiger partial charge on any atom is -0.379 e. The fourth-order valence-corrected chi connectivity index (χ4v) is 4.40. The lowest BCUT2D eigenvalue weighted by atomic mass is 10.2. The van der Waals surface area contributed by atoms with Gasteiger partial charge in [0.05, 0.1) is 19.8 Å². The Morgan fingerprint density at radius 3 is 2.61 bits per heavy atom. The molecule has 126 valence electrons. The van der Waals surface area contributed by atoms with E-state index in [1.165, 1.54) is 10.5 Å². The van der Waals surface area contributed by atoms with Crippen LogP contribution in [0.15, 0.2) is 23.2 Å². The van der Waals surface area contributed by atoms with Crippen LogP contribution < -0.4 is 15.6 Å². The van der Waals surface area contributed by atoms with Gasteiger partial charge in [-0.2, -0.15) is 4.31 Å². The largest absolute Gasteiger partial charge is 0.379 e. The van der Waals surface area contributed by atoms with Gasteiger partial charge in [0.15, 0.2) is 6.04 Å². The van der Waals surface area contributed by atoms with Crippen molar-refractivity contribution in [1.82, 2.24) is 4.31 Å². The third-order valence-electron chi connectivity index (χ3n) is 4.27. The van der Waals surface area contributed by atoms with Gasteiger partial charge in [-0.15, -0.1) is 0 Å². The number of hydrogen-bond donors (Lipinski definition) is 1. The van der Waals surface area contributed by atoms with E-state index in [2.05, 4.69) is 4.98 Å². The van der Waals surface area contributed by atoms with Gasteiger partial charge in [-0.3, -0.25) is 4.79 Å². The van der Waals surface area contributed by atoms with Crippen molar-refractivity contribution in [2.45, 2.75) is 23.8 Å². The first-order chi connectivity index (χ1) is 11.0. The van der Waals surface area contributed by atoms with E-state index >= 15 is 0 Å². The van der Waals surface area contributed by atoms with Gasteiger partial charge in [0.25, 0.3) is 11.7 Å². The van der Waals surface area contributed by atoms with Crippen LogP contribution in [0, 0.1) is 0 Å². The first kappa shape index (κ1) is 16.2. The summed E-state index contributed by atoms with van der Waals surface area (Å²) in [4.78, 5) is 16.5. The molecule has 0 spiro atoms. The number of nitrogens with two attached hydrogens (primary N) is 1. The lowest BCUT2D eigenvalue weighted by Crippen LogP contribution is -2.43. The molecule has 2 aliphatic rings. The van der Waals surface area contributed by atoms with Crippen LogP contribution in [0.4, 0.5) is 5.82 Å². The third-order valence-corrected chi connectivity index (χ3v) is 6.16. The van der Waals surface area contributed by atoms with Gasteiger partial charge < -0.3 is 10.5 Å². The Kier molecular flexibility index (Phi) is 4.51. The average molecular weight is 341 g/mol. The lowest BCUT2D eigenvalue weighted by molar-refractivity contribution is -0.367. The molecule has 9 heteroatoms. The number of aromatic amines is 1. The Morgan fingerprint density at radius 2 is 2.00 bits per heavy atom. The fourth-order valence-electron chi connectivity index (χ4n) is 3.03. The second-order valence-electron chi connectivity index (χ2n) is 5.68. The molecule has 0 saturated carbocycles. The SMILES string of the molecule is NC(=O)[C@H]1CCCN1c1ccc(S(=O)(=O)N2CCOCC2)c[nH+]1. The zero-order chi connectivity index (χ0) is 16.4. The van der Waals surface area contributed by atoms with Crippen molar-refractivity contribution in [3.63, 3.8) is 0 Å². The summed E-state index contributed by atoms with van der Waals surface area (Å²) in [6.07, 6.45) is 3.07. The molecule has 0 unspecified atom stereocenters. The van der Waals surface area contributed by atoms with E-state index in [0.717, 1.165) is 19.4 Å². The number of carbonyl (C=O) groups excluding carboxylic acids is 1. The Bertz CT molecular complexity index is 671. The number of anilines is 1. The topological polar surface area (TPSA) is 107 Å². The van der Waals surface area contributed by atoms with Crippen molar-refractivity contribution >= 4 is 21.7 Å². The van der Waals surface area contributed by atoms with Crippen LogP contribution in [-0.4, -0.2) is 57.5 Å². The molecule has 0 radical (unpaired) electrons. The second kappa shape index (κ2) is 6.42. The first-order valence-electron chi connectivity index (χ1n) is 7.66. The van der Waals surface area contributed by atoms with Crippen LogP contribution in [0.2, 0.25) is 0 Å². The van der Waals surface area contributed by atoms with Crippen LogP contribution in [0.1, 0.15) is 12.8 Å². The van der Waals surface area contributed by atoms with E-state index in [0.29, 0.717) is 32.1 Å². The Labute approximate surface area is 135 Å². The summed E-state index contributed by atoms with van der Waals surface area (Å²) in [5.41, 5.74) is 5.41. The summed E-state index contributed by atoms with van der Waals surface area (Å²) < 4.78 is 31.7. The number of pyridine rings is 1. The molecule has 8 nitrogen and oxygen atoms in total. The van der Waals surface area contributed by atoms with Gasteiger partial charge in [0.1, 0.15) is 11.1 Å². The molecule has 3 rings (SSSR count). The summed E-state index contributed by atoms with van der Waals surface area (Å²) in [6.45, 7) is 2.27. The zero-order valence-electron chi connectivity index (χ0n) is 12.8. The third kappa shape index (κ3) is 3.17. The summed E-state index contributed by atoms with van der Waals surface area (Å²) in [6, 6.07) is 2.91. The number of rotatable bonds is 4. The molecular weight excluding hydrogens is 320 g/mol. The highest BCUT2D eigenvalue weighted by Gasteiger charge is 2.36. The van der Waals surface area contributed by atoms with E-state index < -0.39 is 10.0 Å². The normalized spacial score (nSPS) is 23.1. The second-order valence-corrected chi connectivity index (χ2v) is 7.62. The molecular formula is C14H21N4O4S+. The smallest absolute Gasteiger partial charge is 0.275 e. The molecule has 1 amide bonds. The molecule has 1 aromatic rings. The summed E-state index contributed by atoms with van der Waals surface area (Å²) in [7, 11) is -3.52. The number of sulfonamides is 1. The van der Waals surface area contributed by atoms with Gasteiger partial charge in [-0.1, -0.05) is 0 Å². The number of morpholine rings is 1. The van der Waals surface area contributed by atoms with Crippen LogP contribution >= 0.6 is 0 Å². The molecule has 2 fully saturated rings. The molecule has 0 bridgehead atoms. The number of nitrogens with one attached hydrogen (secondary N) is 1. The number of aromatic nitrogens is 1. The van der Waals surface area contributed by atoms with E-state index in [-0.39, 0.29) is 16.8 Å². The maximum atomic E-state index is 12.6. The number of carbonyl (C=O) groups is 1. The Hall–Kier alpha value is -1.71. The molecule has 2 aliphatic heterocycles. The minimum atomic E-state index is -3.52. The van der Waals surface area contributed by atoms with E-state index in [1.54, 1.807) is 12.1 Å². The van der Waals surface area contributed by atoms with E-state index in [9.17, 15) is 13.2 Å². The van der Waals surface area contributed by atoms with Crippen molar-refractivity contribution in [3.8, 4) is 0 Å². The van der Waals surface area contributed by atoms with E-state index in [4.69, 9.17) is 10.5 Å². The van der Waals surface area contributed by atoms with Crippen LogP contribution in [-0.2, 0) is 19.6 Å². The predicted octanol–water partition coefficient (Wildman–Crippen LogP) is -1.02. The van der Waals surface area contributed by atoms with Crippen LogP contribution in [0.25, 0.3) is 0 Å². The lowest BCUT2D eigenvalue weighted by Gasteiger charge is -2.25. The monoisotopic (exact) mass is 341 g/mol. The number of amides is 1. The van der Waals surface area contributed by atoms with Gasteiger partial charge in [-0.25, -0.2) is 18.3 Å². The maximum absolute atomic E-state index is 12.6. The van der Waals surface area contributed by atoms with Crippen molar-refractivity contribution in [2.24, 2.45) is 5.73 Å². The van der Waals surface area contributed by atoms with E-state index in [1.807, 2.05) is 4.90 Å². The fraction of sp³-hybridized carbons (Fsp3) is 0.571. The Morgan fingerprint density at radius 1 is 1.26 bits per heavy atom. The minimum absolute atomic E-state index is 0.206. The highest BCUT2D eigenvalue weighted by Crippen LogP contribution is 2.23. The average Bonchev–Trinajstić information content (AvgIpc) is 3.06. The number of ether oxygens (including phenoxy) is 1. The van der Waals surface area contributed by atoms with Crippen molar-refractivity contribution in [1.29, 1.82) is 0 Å². The Balaban J connectivity index is 1.80. The molecule has 23 heavy (non-hydrogen) atoms.